The van der Waals surface area contributed by atoms with Gasteiger partial charge in [0.1, 0.15) is 6.04 Å². The topological polar surface area (TPSA) is 104 Å². The molecule has 5 N–H and O–H groups in total. The van der Waals surface area contributed by atoms with E-state index in [-0.39, 0.29) is 5.92 Å². The standard InChI is InChI=1S/C7H15N3O3/c1-4(2)3-5(6(8)11)9-10-7(12)13/h4-5,9-10H,3H2,1-2H3,(H2,8,11)(H,12,13)/t5-/m0/s1. The second kappa shape index (κ2) is 5.36. The third-order valence-corrected chi connectivity index (χ3v) is 1.40. The van der Waals surface area contributed by atoms with Crippen molar-refractivity contribution in [3.63, 3.8) is 0 Å². The molecular weight excluding hydrogens is 174 g/mol. The van der Waals surface area contributed by atoms with E-state index in [0.717, 1.165) is 0 Å². The summed E-state index contributed by atoms with van der Waals surface area (Å²) >= 11 is 0. The van der Waals surface area contributed by atoms with Crippen molar-refractivity contribution in [1.82, 2.24) is 10.9 Å². The predicted octanol–water partition coefficient (Wildman–Crippen LogP) is -0.341. The number of hydrogen-bond acceptors (Lipinski definition) is 3. The summed E-state index contributed by atoms with van der Waals surface area (Å²) in [6.45, 7) is 3.83. The lowest BCUT2D eigenvalue weighted by Gasteiger charge is -2.16. The molecule has 0 aromatic heterocycles. The van der Waals surface area contributed by atoms with Crippen LogP contribution in [0.3, 0.4) is 0 Å². The van der Waals surface area contributed by atoms with Gasteiger partial charge in [-0.25, -0.2) is 10.2 Å². The number of carbonyl (C=O) groups excluding carboxylic acids is 1. The van der Waals surface area contributed by atoms with Crippen molar-refractivity contribution in [2.45, 2.75) is 26.3 Å². The average Bonchev–Trinajstić information content (AvgIpc) is 1.96. The van der Waals surface area contributed by atoms with Crippen LogP contribution in [0.15, 0.2) is 0 Å². The van der Waals surface area contributed by atoms with E-state index >= 15 is 0 Å². The van der Waals surface area contributed by atoms with Gasteiger partial charge in [0.25, 0.3) is 0 Å². The summed E-state index contributed by atoms with van der Waals surface area (Å²) in [6, 6.07) is -0.656. The van der Waals surface area contributed by atoms with Crippen molar-refractivity contribution in [1.29, 1.82) is 0 Å². The summed E-state index contributed by atoms with van der Waals surface area (Å²) in [6.07, 6.45) is -0.745. The molecule has 0 bridgehead atoms. The Morgan fingerprint density at radius 3 is 2.31 bits per heavy atom. The van der Waals surface area contributed by atoms with Crippen LogP contribution < -0.4 is 16.6 Å². The lowest BCUT2D eigenvalue weighted by atomic mass is 10.0. The number of amides is 2. The molecule has 0 rings (SSSR count). The second-order valence-electron chi connectivity index (χ2n) is 3.16. The van der Waals surface area contributed by atoms with Crippen LogP contribution in [0.2, 0.25) is 0 Å². The summed E-state index contributed by atoms with van der Waals surface area (Å²) in [5, 5.41) is 8.25. The number of nitrogens with one attached hydrogen (secondary N) is 2. The third kappa shape index (κ3) is 5.92. The molecule has 0 aliphatic rings. The zero-order valence-electron chi connectivity index (χ0n) is 7.70. The molecule has 1 atom stereocenters. The molecule has 0 saturated carbocycles. The van der Waals surface area contributed by atoms with Crippen molar-refractivity contribution in [2.24, 2.45) is 11.7 Å². The van der Waals surface area contributed by atoms with Gasteiger partial charge in [-0.3, -0.25) is 10.2 Å². The fraction of sp³-hybridized carbons (Fsp3) is 0.714. The van der Waals surface area contributed by atoms with Gasteiger partial charge in [0, 0.05) is 0 Å². The largest absolute Gasteiger partial charge is 0.464 e. The maximum absolute atomic E-state index is 10.8. The van der Waals surface area contributed by atoms with Gasteiger partial charge in [-0.05, 0) is 12.3 Å². The van der Waals surface area contributed by atoms with Gasteiger partial charge in [0.2, 0.25) is 5.91 Å². The summed E-state index contributed by atoms with van der Waals surface area (Å²) in [7, 11) is 0. The molecule has 0 aliphatic carbocycles. The molecule has 76 valence electrons. The Labute approximate surface area is 76.5 Å². The highest BCUT2D eigenvalue weighted by molar-refractivity contribution is 5.80. The van der Waals surface area contributed by atoms with Crippen molar-refractivity contribution < 1.29 is 14.7 Å². The highest BCUT2D eigenvalue weighted by Gasteiger charge is 2.16. The van der Waals surface area contributed by atoms with E-state index in [1.165, 1.54) is 0 Å². The Hall–Kier alpha value is -1.30. The number of primary amides is 1. The predicted molar refractivity (Wildman–Crippen MR) is 46.7 cm³/mol. The molecule has 0 fully saturated rings. The summed E-state index contributed by atoms with van der Waals surface area (Å²) in [5.41, 5.74) is 9.26. The van der Waals surface area contributed by atoms with Crippen LogP contribution in [-0.4, -0.2) is 23.1 Å². The van der Waals surface area contributed by atoms with Crippen LogP contribution in [0, 0.1) is 5.92 Å². The monoisotopic (exact) mass is 189 g/mol. The van der Waals surface area contributed by atoms with E-state index in [1.54, 1.807) is 0 Å². The van der Waals surface area contributed by atoms with Gasteiger partial charge in [0.15, 0.2) is 0 Å². The molecule has 6 nitrogen and oxygen atoms in total. The van der Waals surface area contributed by atoms with Crippen LogP contribution in [0.5, 0.6) is 0 Å². The number of carbonyl (C=O) groups is 2. The first-order valence-electron chi connectivity index (χ1n) is 3.97. The van der Waals surface area contributed by atoms with E-state index in [9.17, 15) is 9.59 Å². The van der Waals surface area contributed by atoms with Crippen LogP contribution in [0.25, 0.3) is 0 Å². The smallest absolute Gasteiger partial charge is 0.419 e. The minimum Gasteiger partial charge on any atom is -0.464 e. The highest BCUT2D eigenvalue weighted by Crippen LogP contribution is 2.03. The Balaban J connectivity index is 3.95. The lowest BCUT2D eigenvalue weighted by molar-refractivity contribution is -0.120. The minimum absolute atomic E-state index is 0.264. The molecule has 13 heavy (non-hydrogen) atoms. The normalized spacial score (nSPS) is 12.5. The molecule has 0 radical (unpaired) electrons. The van der Waals surface area contributed by atoms with E-state index in [2.05, 4.69) is 5.43 Å². The number of carboxylic acid groups (broad SMARTS) is 1. The third-order valence-electron chi connectivity index (χ3n) is 1.40. The number of rotatable bonds is 5. The SMILES string of the molecule is CC(C)C[C@H](NNC(=O)O)C(N)=O. The molecule has 0 aliphatic heterocycles. The van der Waals surface area contributed by atoms with Crippen LogP contribution in [0.1, 0.15) is 20.3 Å². The first kappa shape index (κ1) is 11.7. The molecule has 0 unspecified atom stereocenters. The Morgan fingerprint density at radius 1 is 1.46 bits per heavy atom. The summed E-state index contributed by atoms with van der Waals surface area (Å²) in [4.78, 5) is 20.9. The molecule has 0 aromatic rings. The lowest BCUT2D eigenvalue weighted by Crippen LogP contribution is -2.50. The van der Waals surface area contributed by atoms with Gasteiger partial charge in [0.05, 0.1) is 0 Å². The van der Waals surface area contributed by atoms with E-state index < -0.39 is 18.0 Å². The van der Waals surface area contributed by atoms with E-state index in [1.807, 2.05) is 19.3 Å². The van der Waals surface area contributed by atoms with Gasteiger partial charge in [-0.2, -0.15) is 0 Å². The Morgan fingerprint density at radius 2 is 2.00 bits per heavy atom. The molecule has 2 amide bonds. The fourth-order valence-electron chi connectivity index (χ4n) is 0.866. The Kier molecular flexibility index (Phi) is 4.83. The zero-order chi connectivity index (χ0) is 10.4. The van der Waals surface area contributed by atoms with Gasteiger partial charge >= 0.3 is 6.09 Å². The van der Waals surface area contributed by atoms with Crippen molar-refractivity contribution >= 4 is 12.0 Å². The van der Waals surface area contributed by atoms with Crippen molar-refractivity contribution in [3.8, 4) is 0 Å². The molecule has 0 heterocycles. The van der Waals surface area contributed by atoms with Gasteiger partial charge < -0.3 is 10.8 Å². The van der Waals surface area contributed by atoms with Gasteiger partial charge in [-0.15, -0.1) is 0 Å². The van der Waals surface area contributed by atoms with E-state index in [0.29, 0.717) is 6.42 Å². The minimum atomic E-state index is -1.24. The fourth-order valence-corrected chi connectivity index (χ4v) is 0.866. The number of hydrogen-bond donors (Lipinski definition) is 4. The quantitative estimate of drug-likeness (QED) is 0.444. The van der Waals surface area contributed by atoms with E-state index in [4.69, 9.17) is 10.8 Å². The molecular formula is C7H15N3O3. The number of hydrazine groups is 1. The maximum Gasteiger partial charge on any atom is 0.419 e. The van der Waals surface area contributed by atoms with Gasteiger partial charge in [-0.1, -0.05) is 13.8 Å². The first-order chi connectivity index (χ1) is 5.93. The number of nitrogens with two attached hydrogens (primary N) is 1. The second-order valence-corrected chi connectivity index (χ2v) is 3.16. The summed E-state index contributed by atoms with van der Waals surface area (Å²) in [5.74, 6) is -0.303. The average molecular weight is 189 g/mol. The van der Waals surface area contributed by atoms with Crippen LogP contribution in [0.4, 0.5) is 4.79 Å². The molecule has 0 aromatic carbocycles. The first-order valence-corrected chi connectivity index (χ1v) is 3.97. The highest BCUT2D eigenvalue weighted by atomic mass is 16.4. The Bertz CT molecular complexity index is 193. The maximum atomic E-state index is 10.8. The molecule has 0 spiro atoms. The zero-order valence-corrected chi connectivity index (χ0v) is 7.70. The van der Waals surface area contributed by atoms with Crippen molar-refractivity contribution in [3.05, 3.63) is 0 Å². The van der Waals surface area contributed by atoms with Crippen LogP contribution >= 0.6 is 0 Å². The van der Waals surface area contributed by atoms with Crippen molar-refractivity contribution in [2.75, 3.05) is 0 Å². The van der Waals surface area contributed by atoms with Crippen LogP contribution in [-0.2, 0) is 4.79 Å². The molecule has 0 saturated heterocycles. The summed E-state index contributed by atoms with van der Waals surface area (Å²) < 4.78 is 0. The molecule has 6 heteroatoms.